The van der Waals surface area contributed by atoms with Gasteiger partial charge in [0, 0.05) is 18.2 Å². The molecule has 0 saturated carbocycles. The summed E-state index contributed by atoms with van der Waals surface area (Å²) in [6.07, 6.45) is 6.29. The largest absolute Gasteiger partial charge is 0.496 e. The summed E-state index contributed by atoms with van der Waals surface area (Å²) in [5, 5.41) is 2.66. The van der Waals surface area contributed by atoms with Crippen LogP contribution in [0.25, 0.3) is 0 Å². The van der Waals surface area contributed by atoms with Crippen LogP contribution in [0.4, 0.5) is 0 Å². The average molecular weight is 289 g/mol. The first-order valence-electron chi connectivity index (χ1n) is 6.52. The Morgan fingerprint density at radius 3 is 2.71 bits per heavy atom. The molecule has 1 aromatic carbocycles. The summed E-state index contributed by atoms with van der Waals surface area (Å²) >= 11 is 0. The summed E-state index contributed by atoms with van der Waals surface area (Å²) in [6.45, 7) is 1.84. The predicted octanol–water partition coefficient (Wildman–Crippen LogP) is 1.99. The zero-order valence-electron chi connectivity index (χ0n) is 12.2. The van der Waals surface area contributed by atoms with Gasteiger partial charge < -0.3 is 14.8 Å². The minimum absolute atomic E-state index is 0.311. The second-order valence-electron chi connectivity index (χ2n) is 4.08. The number of ether oxygens (including phenoxy) is 2. The molecule has 0 atom stereocenters. The van der Waals surface area contributed by atoms with E-state index in [1.165, 1.54) is 6.08 Å². The average Bonchev–Trinajstić information content (AvgIpc) is 2.51. The van der Waals surface area contributed by atoms with Gasteiger partial charge in [0.1, 0.15) is 5.75 Å². The molecule has 0 heterocycles. The summed E-state index contributed by atoms with van der Waals surface area (Å²) in [5.74, 6) is -0.224. The lowest BCUT2D eigenvalue weighted by Crippen LogP contribution is -2.28. The van der Waals surface area contributed by atoms with Crippen molar-refractivity contribution in [2.75, 3.05) is 13.7 Å². The van der Waals surface area contributed by atoms with Gasteiger partial charge in [-0.1, -0.05) is 36.4 Å². The minimum Gasteiger partial charge on any atom is -0.496 e. The van der Waals surface area contributed by atoms with Crippen molar-refractivity contribution < 1.29 is 19.1 Å². The second-order valence-corrected chi connectivity index (χ2v) is 4.08. The van der Waals surface area contributed by atoms with Gasteiger partial charge in [-0.3, -0.25) is 4.79 Å². The van der Waals surface area contributed by atoms with E-state index in [0.29, 0.717) is 12.3 Å². The maximum atomic E-state index is 11.6. The molecular formula is C16H19NO4. The van der Waals surface area contributed by atoms with Crippen LogP contribution in [0, 0.1) is 0 Å². The first-order valence-corrected chi connectivity index (χ1v) is 6.52. The number of para-hydroxylation sites is 1. The van der Waals surface area contributed by atoms with Crippen LogP contribution in [0.15, 0.2) is 48.6 Å². The smallest absolute Gasteiger partial charge is 0.331 e. The van der Waals surface area contributed by atoms with Crippen molar-refractivity contribution in [2.45, 2.75) is 13.5 Å². The quantitative estimate of drug-likeness (QED) is 0.473. The minimum atomic E-state index is -0.555. The fourth-order valence-corrected chi connectivity index (χ4v) is 1.52. The SMILES string of the molecule is CC=CC=CC(=O)OCC(=O)NCc1ccccc1OC. The molecule has 1 rings (SSSR count). The molecule has 0 spiro atoms. The van der Waals surface area contributed by atoms with Crippen LogP contribution in [0.5, 0.6) is 5.75 Å². The Bertz CT molecular complexity index is 535. The fourth-order valence-electron chi connectivity index (χ4n) is 1.52. The van der Waals surface area contributed by atoms with Crippen molar-refractivity contribution in [3.05, 3.63) is 54.1 Å². The van der Waals surface area contributed by atoms with E-state index in [4.69, 9.17) is 9.47 Å². The van der Waals surface area contributed by atoms with Crippen LogP contribution >= 0.6 is 0 Å². The molecule has 5 heteroatoms. The lowest BCUT2D eigenvalue weighted by Gasteiger charge is -2.09. The number of benzene rings is 1. The third kappa shape index (κ3) is 6.42. The monoisotopic (exact) mass is 289 g/mol. The lowest BCUT2D eigenvalue weighted by molar-refractivity contribution is -0.143. The number of methoxy groups -OCH3 is 1. The number of hydrogen-bond donors (Lipinski definition) is 1. The van der Waals surface area contributed by atoms with Crippen LogP contribution in [0.3, 0.4) is 0 Å². The van der Waals surface area contributed by atoms with Gasteiger partial charge in [-0.15, -0.1) is 0 Å². The number of carbonyl (C=O) groups is 2. The highest BCUT2D eigenvalue weighted by atomic mass is 16.5. The summed E-state index contributed by atoms with van der Waals surface area (Å²) in [6, 6.07) is 7.37. The van der Waals surface area contributed by atoms with E-state index in [2.05, 4.69) is 5.32 Å². The van der Waals surface area contributed by atoms with Gasteiger partial charge >= 0.3 is 5.97 Å². The van der Waals surface area contributed by atoms with Crippen molar-refractivity contribution in [2.24, 2.45) is 0 Å². The van der Waals surface area contributed by atoms with E-state index in [-0.39, 0.29) is 12.5 Å². The molecule has 0 aromatic heterocycles. The standard InChI is InChI=1S/C16H19NO4/c1-3-4-5-10-16(19)21-12-15(18)17-11-13-8-6-7-9-14(13)20-2/h3-10H,11-12H2,1-2H3,(H,17,18). The summed E-state index contributed by atoms with van der Waals surface area (Å²) in [7, 11) is 1.57. The Kier molecular flexibility index (Phi) is 7.35. The van der Waals surface area contributed by atoms with E-state index in [1.54, 1.807) is 25.3 Å². The number of amides is 1. The molecule has 21 heavy (non-hydrogen) atoms. The van der Waals surface area contributed by atoms with Crippen LogP contribution < -0.4 is 10.1 Å². The van der Waals surface area contributed by atoms with Gasteiger partial charge in [-0.25, -0.2) is 4.79 Å². The molecule has 0 unspecified atom stereocenters. The molecule has 0 aliphatic heterocycles. The van der Waals surface area contributed by atoms with E-state index in [1.807, 2.05) is 31.2 Å². The first-order chi connectivity index (χ1) is 10.2. The molecule has 0 saturated heterocycles. The van der Waals surface area contributed by atoms with E-state index in [9.17, 15) is 9.59 Å². The topological polar surface area (TPSA) is 64.6 Å². The number of rotatable bonds is 7. The number of esters is 1. The van der Waals surface area contributed by atoms with Crippen molar-refractivity contribution in [1.82, 2.24) is 5.32 Å². The number of hydrogen-bond acceptors (Lipinski definition) is 4. The number of nitrogens with one attached hydrogen (secondary N) is 1. The Morgan fingerprint density at radius 2 is 2.00 bits per heavy atom. The lowest BCUT2D eigenvalue weighted by atomic mass is 10.2. The van der Waals surface area contributed by atoms with Gasteiger partial charge in [-0.2, -0.15) is 0 Å². The van der Waals surface area contributed by atoms with Crippen LogP contribution in [0.1, 0.15) is 12.5 Å². The van der Waals surface area contributed by atoms with Gasteiger partial charge in [-0.05, 0) is 13.0 Å². The molecule has 1 N–H and O–H groups in total. The Hall–Kier alpha value is -2.56. The van der Waals surface area contributed by atoms with E-state index < -0.39 is 5.97 Å². The maximum absolute atomic E-state index is 11.6. The number of allylic oxidation sites excluding steroid dienone is 3. The molecule has 0 aliphatic carbocycles. The van der Waals surface area contributed by atoms with Gasteiger partial charge in [0.05, 0.1) is 7.11 Å². The molecular weight excluding hydrogens is 270 g/mol. The molecule has 112 valence electrons. The Balaban J connectivity index is 2.36. The highest BCUT2D eigenvalue weighted by Crippen LogP contribution is 2.16. The second kappa shape index (κ2) is 9.36. The van der Waals surface area contributed by atoms with Crippen LogP contribution in [-0.4, -0.2) is 25.6 Å². The highest BCUT2D eigenvalue weighted by molar-refractivity contribution is 5.85. The van der Waals surface area contributed by atoms with Crippen LogP contribution in [0.2, 0.25) is 0 Å². The predicted molar refractivity (Wildman–Crippen MR) is 79.8 cm³/mol. The first kappa shape index (κ1) is 16.5. The third-order valence-electron chi connectivity index (χ3n) is 2.55. The van der Waals surface area contributed by atoms with Crippen molar-refractivity contribution in [3.63, 3.8) is 0 Å². The fraction of sp³-hybridized carbons (Fsp3) is 0.250. The summed E-state index contributed by atoms with van der Waals surface area (Å²) in [5.41, 5.74) is 0.854. The van der Waals surface area contributed by atoms with Crippen molar-refractivity contribution in [1.29, 1.82) is 0 Å². The molecule has 0 fully saturated rings. The van der Waals surface area contributed by atoms with Crippen molar-refractivity contribution in [3.8, 4) is 5.75 Å². The summed E-state index contributed by atoms with van der Waals surface area (Å²) < 4.78 is 9.97. The maximum Gasteiger partial charge on any atom is 0.331 e. The molecule has 0 radical (unpaired) electrons. The Morgan fingerprint density at radius 1 is 1.24 bits per heavy atom. The van der Waals surface area contributed by atoms with Crippen molar-refractivity contribution >= 4 is 11.9 Å². The van der Waals surface area contributed by atoms with Gasteiger partial charge in [0.2, 0.25) is 0 Å². The zero-order chi connectivity index (χ0) is 15.5. The van der Waals surface area contributed by atoms with E-state index in [0.717, 1.165) is 5.56 Å². The number of carbonyl (C=O) groups excluding carboxylic acids is 2. The zero-order valence-corrected chi connectivity index (χ0v) is 12.2. The Labute approximate surface area is 124 Å². The summed E-state index contributed by atoms with van der Waals surface area (Å²) in [4.78, 5) is 22.8. The van der Waals surface area contributed by atoms with E-state index >= 15 is 0 Å². The molecule has 1 amide bonds. The molecule has 0 bridgehead atoms. The normalized spacial score (nSPS) is 10.8. The third-order valence-corrected chi connectivity index (χ3v) is 2.55. The highest BCUT2D eigenvalue weighted by Gasteiger charge is 2.06. The van der Waals surface area contributed by atoms with Gasteiger partial charge in [0.15, 0.2) is 6.61 Å². The molecule has 0 aliphatic rings. The molecule has 1 aromatic rings. The molecule has 5 nitrogen and oxygen atoms in total. The van der Waals surface area contributed by atoms with Crippen LogP contribution in [-0.2, 0) is 20.9 Å². The van der Waals surface area contributed by atoms with Gasteiger partial charge in [0.25, 0.3) is 5.91 Å².